The Morgan fingerprint density at radius 1 is 1.23 bits per heavy atom. The van der Waals surface area contributed by atoms with Crippen molar-refractivity contribution in [1.82, 2.24) is 0 Å². The first kappa shape index (κ1) is 16.0. The topological polar surface area (TPSA) is 87.8 Å². The summed E-state index contributed by atoms with van der Waals surface area (Å²) in [5, 5.41) is 8.82. The summed E-state index contributed by atoms with van der Waals surface area (Å²) < 4.78 is 56.6. The highest BCUT2D eigenvalue weighted by atomic mass is 32.2. The average molecular weight is 331 g/mol. The van der Waals surface area contributed by atoms with Crippen molar-refractivity contribution in [2.45, 2.75) is 11.8 Å². The highest BCUT2D eigenvalue weighted by Gasteiger charge is 2.28. The third-order valence-corrected chi connectivity index (χ3v) is 4.88. The maximum atomic E-state index is 13.2. The number of halogens is 2. The molecule has 0 amide bonds. The maximum absolute atomic E-state index is 13.2. The van der Waals surface area contributed by atoms with Crippen molar-refractivity contribution in [2.24, 2.45) is 0 Å². The Kier molecular flexibility index (Phi) is 3.92. The van der Waals surface area contributed by atoms with Crippen LogP contribution in [0.4, 0.5) is 14.5 Å². The minimum absolute atomic E-state index is 0.114. The lowest BCUT2D eigenvalue weighted by Gasteiger charge is -2.19. The van der Waals surface area contributed by atoms with E-state index in [0.717, 1.165) is 31.3 Å². The average Bonchev–Trinajstić information content (AvgIpc) is 2.84. The fraction of sp³-hybridized carbons (Fsp3) is 0.154. The number of hydrogen-bond acceptors (Lipinski definition) is 4. The number of carboxylic acids is 1. The van der Waals surface area contributed by atoms with Crippen molar-refractivity contribution in [1.29, 1.82) is 0 Å². The van der Waals surface area contributed by atoms with Crippen LogP contribution in [0, 0.1) is 18.6 Å². The molecule has 2 aromatic rings. The summed E-state index contributed by atoms with van der Waals surface area (Å²) in [5.41, 5.74) is -0.114. The number of rotatable bonds is 4. The van der Waals surface area contributed by atoms with Crippen LogP contribution in [-0.2, 0) is 10.0 Å². The van der Waals surface area contributed by atoms with Gasteiger partial charge in [-0.25, -0.2) is 22.0 Å². The van der Waals surface area contributed by atoms with Gasteiger partial charge >= 0.3 is 5.97 Å². The van der Waals surface area contributed by atoms with Crippen molar-refractivity contribution in [2.75, 3.05) is 11.4 Å². The lowest BCUT2D eigenvalue weighted by atomic mass is 10.3. The van der Waals surface area contributed by atoms with Crippen LogP contribution in [0.1, 0.15) is 16.3 Å². The van der Waals surface area contributed by atoms with Crippen LogP contribution in [0.5, 0.6) is 0 Å². The lowest BCUT2D eigenvalue weighted by Crippen LogP contribution is -2.26. The Hall–Kier alpha value is -2.42. The van der Waals surface area contributed by atoms with Crippen LogP contribution in [0.25, 0.3) is 0 Å². The highest BCUT2D eigenvalue weighted by Crippen LogP contribution is 2.27. The molecule has 1 aromatic heterocycles. The number of sulfonamides is 1. The molecule has 0 spiro atoms. The first-order chi connectivity index (χ1) is 10.1. The number of aryl methyl sites for hydroxylation is 1. The number of furan rings is 1. The standard InChI is InChI=1S/C13H11F2NO5S/c1-7-12(6-11(21-7)13(17)18)22(19,20)16(2)8-3-4-9(14)10(15)5-8/h3-6H,1-2H3,(H,17,18). The number of nitrogens with zero attached hydrogens (tertiary/aromatic N) is 1. The van der Waals surface area contributed by atoms with E-state index >= 15 is 0 Å². The van der Waals surface area contributed by atoms with Crippen molar-refractivity contribution in [3.05, 3.63) is 47.4 Å². The molecule has 1 N–H and O–H groups in total. The van der Waals surface area contributed by atoms with Gasteiger partial charge in [0.2, 0.25) is 5.76 Å². The summed E-state index contributed by atoms with van der Waals surface area (Å²) in [7, 11) is -3.04. The molecule has 9 heteroatoms. The molecular formula is C13H11F2NO5S. The smallest absolute Gasteiger partial charge is 0.371 e. The van der Waals surface area contributed by atoms with E-state index in [-0.39, 0.29) is 16.3 Å². The number of anilines is 1. The summed E-state index contributed by atoms with van der Waals surface area (Å²) in [6.45, 7) is 1.29. The zero-order valence-electron chi connectivity index (χ0n) is 11.5. The van der Waals surface area contributed by atoms with E-state index in [9.17, 15) is 22.0 Å². The second kappa shape index (κ2) is 5.41. The quantitative estimate of drug-likeness (QED) is 0.929. The minimum Gasteiger partial charge on any atom is -0.475 e. The van der Waals surface area contributed by atoms with Gasteiger partial charge < -0.3 is 9.52 Å². The van der Waals surface area contributed by atoms with Crippen LogP contribution in [-0.4, -0.2) is 26.5 Å². The zero-order chi connectivity index (χ0) is 16.7. The van der Waals surface area contributed by atoms with Crippen LogP contribution >= 0.6 is 0 Å². The molecule has 0 unspecified atom stereocenters. The summed E-state index contributed by atoms with van der Waals surface area (Å²) in [6.07, 6.45) is 0. The van der Waals surface area contributed by atoms with E-state index in [4.69, 9.17) is 9.52 Å². The van der Waals surface area contributed by atoms with Crippen molar-refractivity contribution in [3.8, 4) is 0 Å². The second-order valence-corrected chi connectivity index (χ2v) is 6.34. The molecule has 0 saturated heterocycles. The van der Waals surface area contributed by atoms with Gasteiger partial charge in [-0.1, -0.05) is 0 Å². The van der Waals surface area contributed by atoms with Gasteiger partial charge in [0.1, 0.15) is 10.7 Å². The molecule has 2 rings (SSSR count). The zero-order valence-corrected chi connectivity index (χ0v) is 12.3. The van der Waals surface area contributed by atoms with Crippen molar-refractivity contribution < 1.29 is 31.5 Å². The molecule has 0 aliphatic heterocycles. The molecule has 118 valence electrons. The van der Waals surface area contributed by atoms with Crippen LogP contribution in [0.2, 0.25) is 0 Å². The minimum atomic E-state index is -4.18. The van der Waals surface area contributed by atoms with E-state index in [1.165, 1.54) is 6.92 Å². The maximum Gasteiger partial charge on any atom is 0.371 e. The van der Waals surface area contributed by atoms with Crippen LogP contribution in [0.3, 0.4) is 0 Å². The molecular weight excluding hydrogens is 320 g/mol. The molecule has 0 bridgehead atoms. The summed E-state index contributed by atoms with van der Waals surface area (Å²) in [4.78, 5) is 10.5. The Morgan fingerprint density at radius 2 is 1.86 bits per heavy atom. The Morgan fingerprint density at radius 3 is 2.36 bits per heavy atom. The van der Waals surface area contributed by atoms with E-state index in [1.807, 2.05) is 0 Å². The summed E-state index contributed by atoms with van der Waals surface area (Å²) in [5.74, 6) is -4.38. The Bertz CT molecular complexity index is 844. The fourth-order valence-electron chi connectivity index (χ4n) is 1.79. The molecule has 0 fully saturated rings. The molecule has 0 aliphatic carbocycles. The number of hydrogen-bond donors (Lipinski definition) is 1. The van der Waals surface area contributed by atoms with Gasteiger partial charge in [-0.15, -0.1) is 0 Å². The summed E-state index contributed by atoms with van der Waals surface area (Å²) >= 11 is 0. The number of aromatic carboxylic acids is 1. The molecule has 1 aromatic carbocycles. The van der Waals surface area contributed by atoms with Gasteiger partial charge in [0.25, 0.3) is 10.0 Å². The van der Waals surface area contributed by atoms with Gasteiger partial charge in [0, 0.05) is 19.2 Å². The fourth-order valence-corrected chi connectivity index (χ4v) is 3.14. The van der Waals surface area contributed by atoms with Crippen LogP contribution < -0.4 is 4.31 Å². The second-order valence-electron chi connectivity index (χ2n) is 4.41. The number of carbonyl (C=O) groups is 1. The monoisotopic (exact) mass is 331 g/mol. The van der Waals surface area contributed by atoms with Crippen LogP contribution in [0.15, 0.2) is 33.6 Å². The largest absolute Gasteiger partial charge is 0.475 e. The molecule has 22 heavy (non-hydrogen) atoms. The SMILES string of the molecule is Cc1oc(C(=O)O)cc1S(=O)(=O)N(C)c1ccc(F)c(F)c1. The Balaban J connectivity index is 2.49. The van der Waals surface area contributed by atoms with Gasteiger partial charge in [0.15, 0.2) is 11.6 Å². The Labute approximate surface area is 124 Å². The third kappa shape index (κ3) is 2.67. The molecule has 0 atom stereocenters. The molecule has 0 saturated carbocycles. The summed E-state index contributed by atoms with van der Waals surface area (Å²) in [6, 6.07) is 3.47. The van der Waals surface area contributed by atoms with E-state index < -0.39 is 33.4 Å². The van der Waals surface area contributed by atoms with E-state index in [2.05, 4.69) is 0 Å². The highest BCUT2D eigenvalue weighted by molar-refractivity contribution is 7.92. The van der Waals surface area contributed by atoms with Gasteiger partial charge in [0.05, 0.1) is 5.69 Å². The van der Waals surface area contributed by atoms with Crippen molar-refractivity contribution >= 4 is 21.7 Å². The first-order valence-corrected chi connectivity index (χ1v) is 7.36. The van der Waals surface area contributed by atoms with E-state index in [1.54, 1.807) is 0 Å². The number of carboxylic acid groups (broad SMARTS) is 1. The predicted octanol–water partition coefficient (Wildman–Crippen LogP) is 2.39. The lowest BCUT2D eigenvalue weighted by molar-refractivity contribution is 0.0661. The van der Waals surface area contributed by atoms with Gasteiger partial charge in [-0.05, 0) is 19.1 Å². The van der Waals surface area contributed by atoms with Gasteiger partial charge in [-0.2, -0.15) is 0 Å². The molecule has 6 nitrogen and oxygen atoms in total. The van der Waals surface area contributed by atoms with E-state index in [0.29, 0.717) is 4.31 Å². The third-order valence-electron chi connectivity index (χ3n) is 2.99. The van der Waals surface area contributed by atoms with Gasteiger partial charge in [-0.3, -0.25) is 4.31 Å². The van der Waals surface area contributed by atoms with Crippen molar-refractivity contribution in [3.63, 3.8) is 0 Å². The first-order valence-electron chi connectivity index (χ1n) is 5.92. The normalized spacial score (nSPS) is 11.5. The molecule has 1 heterocycles. The number of benzene rings is 1. The molecule has 0 radical (unpaired) electrons. The molecule has 0 aliphatic rings. The predicted molar refractivity (Wildman–Crippen MR) is 72.4 cm³/mol.